The average Bonchev–Trinajstić information content (AvgIpc) is 3.00. The predicted molar refractivity (Wildman–Crippen MR) is 59.4 cm³/mol. The molecule has 0 bridgehead atoms. The van der Waals surface area contributed by atoms with Gasteiger partial charge in [-0.25, -0.2) is 4.21 Å². The van der Waals surface area contributed by atoms with Crippen LogP contribution in [0.3, 0.4) is 0 Å². The standard InChI is InChI=1S/C9H11NO6S/c11-10(12)7-2-1-3-9(4-7)17(13,14,15)6-8-5-16-8/h1-4,8H,5-6H2,(H2,13,14,15)/t8-/m1/s1. The highest BCUT2D eigenvalue weighted by atomic mass is 32.3. The number of nitrogens with zero attached hydrogens (tertiary/aromatic N) is 1. The SMILES string of the molecule is O=[N+]([O-])c1cccc(S(=O)(O)(O)C[C@H]2CO2)c1. The van der Waals surface area contributed by atoms with Gasteiger partial charge in [0.05, 0.1) is 28.3 Å². The molecule has 1 aromatic rings. The fourth-order valence-corrected chi connectivity index (χ4v) is 3.21. The lowest BCUT2D eigenvalue weighted by atomic mass is 10.3. The monoisotopic (exact) mass is 261 g/mol. The van der Waals surface area contributed by atoms with E-state index in [-0.39, 0.29) is 10.6 Å². The van der Waals surface area contributed by atoms with E-state index < -0.39 is 26.4 Å². The summed E-state index contributed by atoms with van der Waals surface area (Å²) < 4.78 is 36.4. The predicted octanol–water partition coefficient (Wildman–Crippen LogP) is 1.12. The van der Waals surface area contributed by atoms with Crippen molar-refractivity contribution in [2.45, 2.75) is 11.0 Å². The van der Waals surface area contributed by atoms with Crippen molar-refractivity contribution in [3.05, 3.63) is 34.4 Å². The highest BCUT2D eigenvalue weighted by Gasteiger charge is 2.41. The van der Waals surface area contributed by atoms with Gasteiger partial charge in [0.2, 0.25) is 0 Å². The number of ether oxygens (including phenoxy) is 1. The highest BCUT2D eigenvalue weighted by molar-refractivity contribution is 8.10. The highest BCUT2D eigenvalue weighted by Crippen LogP contribution is 2.34. The molecule has 7 nitrogen and oxygen atoms in total. The van der Waals surface area contributed by atoms with E-state index in [1.807, 2.05) is 0 Å². The van der Waals surface area contributed by atoms with Crippen LogP contribution >= 0.6 is 0 Å². The number of rotatable bonds is 4. The first-order chi connectivity index (χ1) is 7.76. The summed E-state index contributed by atoms with van der Waals surface area (Å²) in [7, 11) is -5.05. The van der Waals surface area contributed by atoms with Gasteiger partial charge < -0.3 is 13.8 Å². The lowest BCUT2D eigenvalue weighted by Crippen LogP contribution is -2.37. The molecule has 94 valence electrons. The molecular weight excluding hydrogens is 250 g/mol. The van der Waals surface area contributed by atoms with Crippen LogP contribution < -0.4 is 0 Å². The molecule has 0 radical (unpaired) electrons. The first-order valence-corrected chi connectivity index (χ1v) is 6.82. The van der Waals surface area contributed by atoms with E-state index in [2.05, 4.69) is 0 Å². The first-order valence-electron chi connectivity index (χ1n) is 4.78. The molecule has 1 heterocycles. The summed E-state index contributed by atoms with van der Waals surface area (Å²) in [4.78, 5) is 9.50. The number of non-ortho nitro benzene ring substituents is 1. The van der Waals surface area contributed by atoms with E-state index in [4.69, 9.17) is 4.74 Å². The summed E-state index contributed by atoms with van der Waals surface area (Å²) in [5.74, 6) is -0.460. The molecule has 0 aromatic heterocycles. The van der Waals surface area contributed by atoms with Crippen LogP contribution in [0.1, 0.15) is 0 Å². The van der Waals surface area contributed by atoms with E-state index >= 15 is 0 Å². The Morgan fingerprint density at radius 1 is 1.53 bits per heavy atom. The molecule has 0 aliphatic carbocycles. The molecular formula is C9H11NO6S. The van der Waals surface area contributed by atoms with E-state index in [0.29, 0.717) is 6.61 Å². The maximum Gasteiger partial charge on any atom is 0.270 e. The van der Waals surface area contributed by atoms with E-state index in [0.717, 1.165) is 6.07 Å². The van der Waals surface area contributed by atoms with Gasteiger partial charge in [-0.2, -0.15) is 0 Å². The van der Waals surface area contributed by atoms with Crippen molar-refractivity contribution in [3.63, 3.8) is 0 Å². The van der Waals surface area contributed by atoms with Gasteiger partial charge in [0.25, 0.3) is 5.69 Å². The third-order valence-corrected chi connectivity index (χ3v) is 4.56. The van der Waals surface area contributed by atoms with Gasteiger partial charge in [-0.3, -0.25) is 10.1 Å². The van der Waals surface area contributed by atoms with Gasteiger partial charge in [-0.1, -0.05) is 6.07 Å². The zero-order valence-electron chi connectivity index (χ0n) is 8.68. The van der Waals surface area contributed by atoms with E-state index in [1.165, 1.54) is 18.2 Å². The third kappa shape index (κ3) is 2.67. The molecule has 8 heteroatoms. The number of hydrogen-bond acceptors (Lipinski definition) is 4. The quantitative estimate of drug-likeness (QED) is 0.477. The van der Waals surface area contributed by atoms with Crippen LogP contribution in [0.4, 0.5) is 5.69 Å². The van der Waals surface area contributed by atoms with Crippen molar-refractivity contribution in [2.24, 2.45) is 0 Å². The Hall–Kier alpha value is -1.35. The molecule has 17 heavy (non-hydrogen) atoms. The Morgan fingerprint density at radius 2 is 2.18 bits per heavy atom. The fourth-order valence-electron chi connectivity index (χ4n) is 1.45. The fraction of sp³-hybridized carbons (Fsp3) is 0.333. The summed E-state index contributed by atoms with van der Waals surface area (Å²) in [6.07, 6.45) is -0.469. The molecule has 0 saturated carbocycles. The lowest BCUT2D eigenvalue weighted by molar-refractivity contribution is -0.385. The number of benzene rings is 1. The van der Waals surface area contributed by atoms with Gasteiger partial charge in [0, 0.05) is 12.1 Å². The van der Waals surface area contributed by atoms with Gasteiger partial charge in [-0.15, -0.1) is 0 Å². The summed E-state index contributed by atoms with van der Waals surface area (Å²) >= 11 is 0. The summed E-state index contributed by atoms with van der Waals surface area (Å²) in [5, 5.41) is 10.5. The molecule has 1 aliphatic heterocycles. The molecule has 0 spiro atoms. The van der Waals surface area contributed by atoms with E-state index in [1.54, 1.807) is 0 Å². The molecule has 1 saturated heterocycles. The van der Waals surface area contributed by atoms with Gasteiger partial charge in [-0.05, 0) is 6.07 Å². The summed E-state index contributed by atoms with van der Waals surface area (Å²) in [6.45, 7) is 0.310. The normalized spacial score (nSPS) is 21.5. The van der Waals surface area contributed by atoms with Crippen LogP contribution in [0.2, 0.25) is 0 Å². The molecule has 0 amide bonds. The molecule has 0 unspecified atom stereocenters. The second-order valence-corrected chi connectivity index (χ2v) is 6.73. The first kappa shape index (κ1) is 12.1. The number of nitro benzene ring substituents is 1. The minimum absolute atomic E-state index is 0.310. The van der Waals surface area contributed by atoms with Crippen molar-refractivity contribution < 1.29 is 23.0 Å². The van der Waals surface area contributed by atoms with Crippen LogP contribution in [0, 0.1) is 10.1 Å². The molecule has 1 aromatic carbocycles. The number of epoxide rings is 1. The van der Waals surface area contributed by atoms with Crippen molar-refractivity contribution in [1.29, 1.82) is 0 Å². The van der Waals surface area contributed by atoms with Crippen LogP contribution in [-0.4, -0.2) is 36.7 Å². The van der Waals surface area contributed by atoms with Crippen molar-refractivity contribution >= 4 is 15.3 Å². The molecule has 1 atom stereocenters. The number of nitro groups is 1. The van der Waals surface area contributed by atoms with Crippen molar-refractivity contribution in [1.82, 2.24) is 0 Å². The van der Waals surface area contributed by atoms with Gasteiger partial charge in [0.15, 0.2) is 0 Å². The largest absolute Gasteiger partial charge is 0.372 e. The number of hydrogen-bond donors (Lipinski definition) is 2. The van der Waals surface area contributed by atoms with Gasteiger partial charge in [0.1, 0.15) is 9.63 Å². The Balaban J connectivity index is 2.40. The van der Waals surface area contributed by atoms with Crippen molar-refractivity contribution in [2.75, 3.05) is 12.4 Å². The summed E-state index contributed by atoms with van der Waals surface area (Å²) in [6, 6.07) is 4.52. The lowest BCUT2D eigenvalue weighted by Gasteiger charge is -2.29. The third-order valence-electron chi connectivity index (χ3n) is 2.39. The van der Waals surface area contributed by atoms with Crippen LogP contribution in [0.25, 0.3) is 0 Å². The van der Waals surface area contributed by atoms with E-state index in [9.17, 15) is 23.4 Å². The average molecular weight is 261 g/mol. The van der Waals surface area contributed by atoms with Crippen LogP contribution in [-0.2, 0) is 14.4 Å². The minimum atomic E-state index is -5.05. The second kappa shape index (κ2) is 3.57. The van der Waals surface area contributed by atoms with Crippen molar-refractivity contribution in [3.8, 4) is 0 Å². The zero-order chi connectivity index (χ0) is 12.7. The minimum Gasteiger partial charge on any atom is -0.372 e. The zero-order valence-corrected chi connectivity index (χ0v) is 9.50. The summed E-state index contributed by atoms with van der Waals surface area (Å²) in [5.41, 5.74) is -0.346. The maximum atomic E-state index is 12.0. The smallest absolute Gasteiger partial charge is 0.270 e. The molecule has 2 N–H and O–H groups in total. The van der Waals surface area contributed by atoms with Gasteiger partial charge >= 0.3 is 0 Å². The molecule has 2 rings (SSSR count). The Morgan fingerprint density at radius 3 is 2.71 bits per heavy atom. The molecule has 1 fully saturated rings. The Labute approximate surface area is 96.6 Å². The van der Waals surface area contributed by atoms with Crippen LogP contribution in [0.15, 0.2) is 29.2 Å². The Bertz CT molecular complexity index is 532. The molecule has 1 aliphatic rings. The van der Waals surface area contributed by atoms with Crippen LogP contribution in [0.5, 0.6) is 0 Å². The maximum absolute atomic E-state index is 12.0. The topological polar surface area (TPSA) is 113 Å². The second-order valence-electron chi connectivity index (χ2n) is 3.89. The Kier molecular flexibility index (Phi) is 2.54.